The molecule has 2 aromatic rings. The van der Waals surface area contributed by atoms with Crippen LogP contribution in [0, 0.1) is 12.8 Å². The standard InChI is InChI=1S/C15H15NO/c1-10-8-12-4-2-3-5-13(12)16-14(10)9-15(17)11-6-7-11/h2-5,8,11H,6-7,9H2,1H3. The highest BCUT2D eigenvalue weighted by atomic mass is 16.1. The molecule has 86 valence electrons. The molecule has 3 rings (SSSR count). The van der Waals surface area contributed by atoms with Crippen molar-refractivity contribution in [2.45, 2.75) is 26.2 Å². The summed E-state index contributed by atoms with van der Waals surface area (Å²) in [4.78, 5) is 16.4. The Morgan fingerprint density at radius 3 is 2.88 bits per heavy atom. The van der Waals surface area contributed by atoms with E-state index in [0.29, 0.717) is 18.1 Å². The lowest BCUT2D eigenvalue weighted by Crippen LogP contribution is -2.08. The quantitative estimate of drug-likeness (QED) is 0.803. The maximum absolute atomic E-state index is 11.8. The number of pyridine rings is 1. The number of hydrogen-bond donors (Lipinski definition) is 0. The third-order valence-corrected chi connectivity index (χ3v) is 3.39. The molecule has 0 aliphatic heterocycles. The number of hydrogen-bond acceptors (Lipinski definition) is 2. The second-order valence-electron chi connectivity index (χ2n) is 4.86. The highest BCUT2D eigenvalue weighted by molar-refractivity contribution is 5.86. The molecule has 1 fully saturated rings. The fraction of sp³-hybridized carbons (Fsp3) is 0.333. The van der Waals surface area contributed by atoms with E-state index in [9.17, 15) is 4.79 Å². The van der Waals surface area contributed by atoms with Gasteiger partial charge in [0.2, 0.25) is 0 Å². The molecule has 17 heavy (non-hydrogen) atoms. The fourth-order valence-corrected chi connectivity index (χ4v) is 2.16. The first-order chi connectivity index (χ1) is 8.24. The first-order valence-electron chi connectivity index (χ1n) is 6.12. The number of fused-ring (bicyclic) bond motifs is 1. The average molecular weight is 225 g/mol. The average Bonchev–Trinajstić information content (AvgIpc) is 3.14. The molecule has 1 saturated carbocycles. The molecule has 1 aromatic heterocycles. The van der Waals surface area contributed by atoms with E-state index in [2.05, 4.69) is 17.1 Å². The van der Waals surface area contributed by atoms with Crippen molar-refractivity contribution in [3.8, 4) is 0 Å². The second kappa shape index (κ2) is 3.95. The highest BCUT2D eigenvalue weighted by Gasteiger charge is 2.29. The van der Waals surface area contributed by atoms with Crippen molar-refractivity contribution in [2.75, 3.05) is 0 Å². The van der Waals surface area contributed by atoms with Gasteiger partial charge in [-0.3, -0.25) is 9.78 Å². The Bertz CT molecular complexity index is 584. The number of nitrogens with zero attached hydrogens (tertiary/aromatic N) is 1. The van der Waals surface area contributed by atoms with Gasteiger partial charge in [0.1, 0.15) is 5.78 Å². The smallest absolute Gasteiger partial charge is 0.141 e. The van der Waals surface area contributed by atoms with E-state index < -0.39 is 0 Å². The summed E-state index contributed by atoms with van der Waals surface area (Å²) in [5.41, 5.74) is 3.05. The summed E-state index contributed by atoms with van der Waals surface area (Å²) in [5, 5.41) is 1.15. The molecule has 0 spiro atoms. The third-order valence-electron chi connectivity index (χ3n) is 3.39. The Hall–Kier alpha value is -1.70. The number of rotatable bonds is 3. The normalized spacial score (nSPS) is 15.1. The predicted molar refractivity (Wildman–Crippen MR) is 67.9 cm³/mol. The summed E-state index contributed by atoms with van der Waals surface area (Å²) in [7, 11) is 0. The lowest BCUT2D eigenvalue weighted by atomic mass is 10.0. The number of ketones is 1. The SMILES string of the molecule is Cc1cc2ccccc2nc1CC(=O)C1CC1. The van der Waals surface area contributed by atoms with Gasteiger partial charge >= 0.3 is 0 Å². The zero-order valence-electron chi connectivity index (χ0n) is 9.94. The van der Waals surface area contributed by atoms with Gasteiger partial charge in [0.15, 0.2) is 0 Å². The zero-order chi connectivity index (χ0) is 11.8. The van der Waals surface area contributed by atoms with Crippen LogP contribution in [-0.4, -0.2) is 10.8 Å². The minimum Gasteiger partial charge on any atom is -0.299 e. The first-order valence-corrected chi connectivity index (χ1v) is 6.12. The van der Waals surface area contributed by atoms with Crippen molar-refractivity contribution in [1.82, 2.24) is 4.98 Å². The van der Waals surface area contributed by atoms with Crippen molar-refractivity contribution >= 4 is 16.7 Å². The summed E-state index contributed by atoms with van der Waals surface area (Å²) in [6.07, 6.45) is 2.65. The van der Waals surface area contributed by atoms with E-state index in [1.165, 1.54) is 0 Å². The molecular weight excluding hydrogens is 210 g/mol. The molecule has 0 saturated heterocycles. The van der Waals surface area contributed by atoms with Crippen LogP contribution < -0.4 is 0 Å². The number of Topliss-reactive ketones (excluding diaryl/α,β-unsaturated/α-hetero) is 1. The van der Waals surface area contributed by atoms with Gasteiger partial charge in [-0.2, -0.15) is 0 Å². The van der Waals surface area contributed by atoms with Crippen LogP contribution in [0.3, 0.4) is 0 Å². The summed E-state index contributed by atoms with van der Waals surface area (Å²) < 4.78 is 0. The lowest BCUT2D eigenvalue weighted by Gasteiger charge is -2.06. The van der Waals surface area contributed by atoms with Crippen molar-refractivity contribution in [1.29, 1.82) is 0 Å². The molecule has 1 heterocycles. The number of carbonyl (C=O) groups excluding carboxylic acids is 1. The molecule has 0 radical (unpaired) electrons. The zero-order valence-corrected chi connectivity index (χ0v) is 9.94. The Balaban J connectivity index is 1.97. The van der Waals surface area contributed by atoms with E-state index in [1.54, 1.807) is 0 Å². The van der Waals surface area contributed by atoms with Crippen LogP contribution in [0.25, 0.3) is 10.9 Å². The number of aryl methyl sites for hydroxylation is 1. The van der Waals surface area contributed by atoms with Crippen LogP contribution in [0.1, 0.15) is 24.1 Å². The molecule has 1 aliphatic rings. The minimum atomic E-state index is 0.322. The van der Waals surface area contributed by atoms with Gasteiger partial charge in [0.05, 0.1) is 11.2 Å². The largest absolute Gasteiger partial charge is 0.299 e. The molecule has 2 nitrogen and oxygen atoms in total. The fourth-order valence-electron chi connectivity index (χ4n) is 2.16. The van der Waals surface area contributed by atoms with E-state index >= 15 is 0 Å². The van der Waals surface area contributed by atoms with Crippen LogP contribution in [0.2, 0.25) is 0 Å². The number of aromatic nitrogens is 1. The van der Waals surface area contributed by atoms with Crippen LogP contribution in [0.15, 0.2) is 30.3 Å². The van der Waals surface area contributed by atoms with E-state index in [0.717, 1.165) is 35.0 Å². The summed E-state index contributed by atoms with van der Waals surface area (Å²) in [5.74, 6) is 0.679. The van der Waals surface area contributed by atoms with Gasteiger partial charge in [0, 0.05) is 17.7 Å². The third kappa shape index (κ3) is 2.07. The van der Waals surface area contributed by atoms with Crippen LogP contribution in [0.4, 0.5) is 0 Å². The van der Waals surface area contributed by atoms with Crippen LogP contribution in [0.5, 0.6) is 0 Å². The second-order valence-corrected chi connectivity index (χ2v) is 4.86. The topological polar surface area (TPSA) is 30.0 Å². The first kappa shape index (κ1) is 10.5. The molecule has 1 aromatic carbocycles. The van der Waals surface area contributed by atoms with Crippen molar-refractivity contribution in [3.05, 3.63) is 41.6 Å². The van der Waals surface area contributed by atoms with E-state index in [4.69, 9.17) is 0 Å². The molecule has 0 N–H and O–H groups in total. The molecule has 0 bridgehead atoms. The predicted octanol–water partition coefficient (Wildman–Crippen LogP) is 3.06. The number of carbonyl (C=O) groups is 1. The minimum absolute atomic E-state index is 0.322. The molecule has 2 heteroatoms. The van der Waals surface area contributed by atoms with Gasteiger partial charge in [-0.25, -0.2) is 0 Å². The number of benzene rings is 1. The molecule has 1 aliphatic carbocycles. The van der Waals surface area contributed by atoms with Gasteiger partial charge in [0.25, 0.3) is 0 Å². The summed E-state index contributed by atoms with van der Waals surface area (Å²) in [6, 6.07) is 10.2. The van der Waals surface area contributed by atoms with Gasteiger partial charge in [-0.15, -0.1) is 0 Å². The molecular formula is C15H15NO. The van der Waals surface area contributed by atoms with Crippen molar-refractivity contribution in [3.63, 3.8) is 0 Å². The van der Waals surface area contributed by atoms with Crippen LogP contribution >= 0.6 is 0 Å². The van der Waals surface area contributed by atoms with Gasteiger partial charge < -0.3 is 0 Å². The van der Waals surface area contributed by atoms with Crippen molar-refractivity contribution < 1.29 is 4.79 Å². The monoisotopic (exact) mass is 225 g/mol. The Kier molecular flexibility index (Phi) is 2.43. The molecule has 0 atom stereocenters. The summed E-state index contributed by atoms with van der Waals surface area (Å²) in [6.45, 7) is 2.04. The van der Waals surface area contributed by atoms with Crippen molar-refractivity contribution in [2.24, 2.45) is 5.92 Å². The maximum atomic E-state index is 11.8. The Morgan fingerprint density at radius 1 is 1.35 bits per heavy atom. The molecule has 0 unspecified atom stereocenters. The highest BCUT2D eigenvalue weighted by Crippen LogP contribution is 2.31. The number of para-hydroxylation sites is 1. The lowest BCUT2D eigenvalue weighted by molar-refractivity contribution is -0.119. The summed E-state index contributed by atoms with van der Waals surface area (Å²) >= 11 is 0. The Morgan fingerprint density at radius 2 is 2.12 bits per heavy atom. The van der Waals surface area contributed by atoms with Crippen LogP contribution in [-0.2, 0) is 11.2 Å². The maximum Gasteiger partial charge on any atom is 0.141 e. The van der Waals surface area contributed by atoms with Gasteiger partial charge in [-0.05, 0) is 37.5 Å². The van der Waals surface area contributed by atoms with E-state index in [1.807, 2.05) is 25.1 Å². The molecule has 0 amide bonds. The van der Waals surface area contributed by atoms with Gasteiger partial charge in [-0.1, -0.05) is 18.2 Å². The van der Waals surface area contributed by atoms with E-state index in [-0.39, 0.29) is 0 Å². The Labute approximate surface area is 101 Å².